The predicted molar refractivity (Wildman–Crippen MR) is 138 cm³/mol. The Morgan fingerprint density at radius 2 is 1.49 bits per heavy atom. The number of sulfonamides is 2. The van der Waals surface area contributed by atoms with E-state index in [2.05, 4.69) is 8.80 Å². The van der Waals surface area contributed by atoms with Crippen LogP contribution in [0.25, 0.3) is 0 Å². The van der Waals surface area contributed by atoms with Gasteiger partial charge in [0.25, 0.3) is 20.0 Å². The zero-order valence-electron chi connectivity index (χ0n) is 19.6. The summed E-state index contributed by atoms with van der Waals surface area (Å²) in [5.41, 5.74) is 14.1. The maximum atomic E-state index is 11.5. The first-order chi connectivity index (χ1) is 16.5. The fourth-order valence-electron chi connectivity index (χ4n) is 3.68. The Kier molecular flexibility index (Phi) is 8.46. The second kappa shape index (κ2) is 11.0. The normalized spacial score (nSPS) is 18.0. The average Bonchev–Trinajstić information content (AvgIpc) is 2.72. The molecule has 0 bridgehead atoms. The molecule has 1 atom stereocenters. The van der Waals surface area contributed by atoms with Gasteiger partial charge in [-0.1, -0.05) is 31.2 Å². The maximum absolute atomic E-state index is 11.5. The van der Waals surface area contributed by atoms with Crippen molar-refractivity contribution in [2.24, 2.45) is 20.3 Å². The number of thioether (sulfide) groups is 1. The molecule has 13 heteroatoms. The smallest absolute Gasteiger partial charge is 0.259 e. The third-order valence-electron chi connectivity index (χ3n) is 4.92. The quantitative estimate of drug-likeness (QED) is 0.521. The number of benzene rings is 2. The summed E-state index contributed by atoms with van der Waals surface area (Å²) in [4.78, 5) is 0.996. The van der Waals surface area contributed by atoms with Gasteiger partial charge in [0, 0.05) is 17.6 Å². The lowest BCUT2D eigenvalue weighted by Gasteiger charge is -2.20. The predicted octanol–water partition coefficient (Wildman–Crippen LogP) is 2.00. The molecule has 4 rings (SSSR count). The first-order valence-corrected chi connectivity index (χ1v) is 14.9. The van der Waals surface area contributed by atoms with Crippen molar-refractivity contribution in [2.75, 3.05) is 19.5 Å². The third-order valence-corrected chi connectivity index (χ3v) is 8.16. The monoisotopic (exact) mass is 540 g/mol. The van der Waals surface area contributed by atoms with Crippen molar-refractivity contribution in [3.8, 4) is 5.75 Å². The van der Waals surface area contributed by atoms with Gasteiger partial charge in [0.15, 0.2) is 0 Å². The molecule has 2 aliphatic heterocycles. The lowest BCUT2D eigenvalue weighted by molar-refractivity contribution is 0.0919. The van der Waals surface area contributed by atoms with Crippen LogP contribution in [0, 0.1) is 0 Å². The molecule has 10 nitrogen and oxygen atoms in total. The van der Waals surface area contributed by atoms with Crippen LogP contribution in [0.1, 0.15) is 36.1 Å². The number of nitrogens with two attached hydrogens (primary N) is 2. The molecule has 2 aromatic rings. The molecule has 2 aromatic carbocycles. The topological polar surface area (TPSA) is 164 Å². The number of hydrogen-bond donors (Lipinski definition) is 2. The Labute approximate surface area is 209 Å². The van der Waals surface area contributed by atoms with Crippen molar-refractivity contribution in [1.82, 2.24) is 0 Å². The first-order valence-electron chi connectivity index (χ1n) is 10.7. The summed E-state index contributed by atoms with van der Waals surface area (Å²) in [6.07, 6.45) is -0.164. The van der Waals surface area contributed by atoms with Crippen LogP contribution in [0.2, 0.25) is 0 Å². The van der Waals surface area contributed by atoms with Gasteiger partial charge in [0.1, 0.15) is 23.5 Å². The molecule has 0 aromatic heterocycles. The number of methoxy groups -OCH3 is 1. The van der Waals surface area contributed by atoms with Gasteiger partial charge in [-0.05, 0) is 35.9 Å². The third kappa shape index (κ3) is 6.75. The fourth-order valence-corrected chi connectivity index (χ4v) is 6.73. The summed E-state index contributed by atoms with van der Waals surface area (Å²) in [6.45, 7) is 4.33. The molecular weight excluding hydrogens is 512 g/mol. The van der Waals surface area contributed by atoms with Crippen LogP contribution in [0.5, 0.6) is 5.75 Å². The molecule has 2 heterocycles. The lowest BCUT2D eigenvalue weighted by atomic mass is 10.1. The summed E-state index contributed by atoms with van der Waals surface area (Å²) in [5.74, 6) is 1.31. The van der Waals surface area contributed by atoms with Crippen LogP contribution in [-0.4, -0.2) is 54.1 Å². The molecule has 0 saturated carbocycles. The highest BCUT2D eigenvalue weighted by molar-refractivity contribution is 7.99. The summed E-state index contributed by atoms with van der Waals surface area (Å²) >= 11 is 1.64. The number of nitrogens with zero attached hydrogens (tertiary/aromatic N) is 2. The van der Waals surface area contributed by atoms with Gasteiger partial charge in [-0.25, -0.2) is 16.8 Å². The molecule has 4 N–H and O–H groups in total. The number of fused-ring (bicyclic) bond motifs is 2. The molecule has 0 saturated heterocycles. The number of hydrogen-bond acceptors (Lipinski definition) is 9. The molecular formula is C22H28N4O6S3. The van der Waals surface area contributed by atoms with Gasteiger partial charge in [0.2, 0.25) is 0 Å². The highest BCUT2D eigenvalue weighted by atomic mass is 32.2. The zero-order valence-corrected chi connectivity index (χ0v) is 22.0. The molecule has 0 radical (unpaired) electrons. The minimum absolute atomic E-state index is 0.0264. The molecule has 1 unspecified atom stereocenters. The van der Waals surface area contributed by atoms with Gasteiger partial charge < -0.3 is 20.9 Å². The van der Waals surface area contributed by atoms with E-state index in [9.17, 15) is 16.8 Å². The SMILES string of the molecule is CCSc1cccc2c1C(N)=NS(=O)(=O)C2.COCC(C)Oc1cccc2c1C(N)=NS(=O)(=O)C2. The molecule has 0 spiro atoms. The van der Waals surface area contributed by atoms with Crippen LogP contribution in [0.4, 0.5) is 0 Å². The van der Waals surface area contributed by atoms with E-state index in [-0.39, 0.29) is 29.3 Å². The first kappa shape index (κ1) is 27.0. The van der Waals surface area contributed by atoms with E-state index in [1.54, 1.807) is 43.1 Å². The molecule has 0 aliphatic carbocycles. The van der Waals surface area contributed by atoms with E-state index in [0.29, 0.717) is 23.5 Å². The Balaban J connectivity index is 0.000000198. The van der Waals surface area contributed by atoms with Crippen LogP contribution in [0.15, 0.2) is 50.1 Å². The van der Waals surface area contributed by atoms with Crippen molar-refractivity contribution >= 4 is 43.5 Å². The summed E-state index contributed by atoms with van der Waals surface area (Å²) in [6, 6.07) is 10.8. The van der Waals surface area contributed by atoms with Gasteiger partial charge in [0.05, 0.1) is 23.7 Å². The minimum atomic E-state index is -3.52. The van der Waals surface area contributed by atoms with Crippen molar-refractivity contribution in [3.63, 3.8) is 0 Å². The van der Waals surface area contributed by atoms with Crippen LogP contribution in [0.3, 0.4) is 0 Å². The highest BCUT2D eigenvalue weighted by Crippen LogP contribution is 2.30. The van der Waals surface area contributed by atoms with Gasteiger partial charge in [-0.3, -0.25) is 0 Å². The number of ether oxygens (including phenoxy) is 2. The van der Waals surface area contributed by atoms with Crippen LogP contribution in [-0.2, 0) is 36.3 Å². The summed E-state index contributed by atoms with van der Waals surface area (Å²) in [5, 5.41) is 0. The summed E-state index contributed by atoms with van der Waals surface area (Å²) in [7, 11) is -5.36. The fraction of sp³-hybridized carbons (Fsp3) is 0.364. The van der Waals surface area contributed by atoms with E-state index in [1.165, 1.54) is 0 Å². The van der Waals surface area contributed by atoms with Crippen LogP contribution >= 0.6 is 11.8 Å². The maximum Gasteiger partial charge on any atom is 0.259 e. The van der Waals surface area contributed by atoms with Crippen molar-refractivity contribution < 1.29 is 26.3 Å². The van der Waals surface area contributed by atoms with Gasteiger partial charge in [-0.2, -0.15) is 0 Å². The second-order valence-electron chi connectivity index (χ2n) is 7.80. The molecule has 35 heavy (non-hydrogen) atoms. The van der Waals surface area contributed by atoms with E-state index in [1.807, 2.05) is 26.0 Å². The molecule has 2 aliphatic rings. The van der Waals surface area contributed by atoms with Gasteiger partial charge in [-0.15, -0.1) is 20.6 Å². The minimum Gasteiger partial charge on any atom is -0.488 e. The van der Waals surface area contributed by atoms with Crippen molar-refractivity contribution in [1.29, 1.82) is 0 Å². The Hall–Kier alpha value is -2.61. The second-order valence-corrected chi connectivity index (χ2v) is 12.4. The standard InChI is InChI=1S/C12H16N2O4S.C10H12N2O2S2/c1-8(6-17-2)18-10-5-3-4-9-7-19(15,16)14-12(13)11(9)10;1-2-15-8-5-3-4-7-6-16(13,14)12-10(11)9(7)8/h3-5,8H,6-7H2,1-2H3,(H2,13,14);3-5H,2,6H2,1H3,(H2,11,12). The van der Waals surface area contributed by atoms with E-state index < -0.39 is 20.0 Å². The Bertz CT molecular complexity index is 1370. The molecule has 0 amide bonds. The van der Waals surface area contributed by atoms with E-state index in [4.69, 9.17) is 20.9 Å². The van der Waals surface area contributed by atoms with Gasteiger partial charge >= 0.3 is 0 Å². The molecule has 0 fully saturated rings. The van der Waals surface area contributed by atoms with Crippen LogP contribution < -0.4 is 16.2 Å². The van der Waals surface area contributed by atoms with E-state index >= 15 is 0 Å². The number of rotatable bonds is 6. The highest BCUT2D eigenvalue weighted by Gasteiger charge is 2.26. The number of amidine groups is 2. The lowest BCUT2D eigenvalue weighted by Crippen LogP contribution is -2.26. The summed E-state index contributed by atoms with van der Waals surface area (Å²) < 4.78 is 63.7. The Morgan fingerprint density at radius 1 is 0.943 bits per heavy atom. The largest absolute Gasteiger partial charge is 0.488 e. The Morgan fingerprint density at radius 3 is 2.06 bits per heavy atom. The molecule has 190 valence electrons. The zero-order chi connectivity index (χ0) is 25.8. The van der Waals surface area contributed by atoms with E-state index in [0.717, 1.165) is 21.8 Å². The van der Waals surface area contributed by atoms with Crippen molar-refractivity contribution in [2.45, 2.75) is 36.4 Å². The average molecular weight is 541 g/mol. The van der Waals surface area contributed by atoms with Crippen molar-refractivity contribution in [3.05, 3.63) is 58.7 Å².